The molecule has 0 radical (unpaired) electrons. The average Bonchev–Trinajstić information content (AvgIpc) is 2.32. The minimum absolute atomic E-state index is 0.0178. The number of benzene rings is 1. The Bertz CT molecular complexity index is 391. The Kier molecular flexibility index (Phi) is 5.26. The minimum Gasteiger partial charge on any atom is -0.329 e. The molecule has 1 atom stereocenters. The molecule has 5 N–H and O–H groups in total. The number of hydrogen-bond donors (Lipinski definition) is 3. The van der Waals surface area contributed by atoms with Crippen LogP contribution in [-0.2, 0) is 5.41 Å². The van der Waals surface area contributed by atoms with Gasteiger partial charge < -0.3 is 16.8 Å². The normalized spacial score (nSPS) is 13.7. The second-order valence-electron chi connectivity index (χ2n) is 5.47. The molecule has 0 aromatic heterocycles. The maximum Gasteiger partial charge on any atom is 0.126 e. The van der Waals surface area contributed by atoms with E-state index in [1.165, 1.54) is 6.07 Å². The Morgan fingerprint density at radius 1 is 1.39 bits per heavy atom. The molecule has 3 nitrogen and oxygen atoms in total. The van der Waals surface area contributed by atoms with Crippen LogP contribution >= 0.6 is 0 Å². The molecule has 4 heteroatoms. The van der Waals surface area contributed by atoms with Gasteiger partial charge in [-0.25, -0.2) is 4.39 Å². The Hall–Kier alpha value is -0.970. The van der Waals surface area contributed by atoms with E-state index in [-0.39, 0.29) is 17.3 Å². The number of hydrogen-bond acceptors (Lipinski definition) is 3. The van der Waals surface area contributed by atoms with Crippen LogP contribution in [0.1, 0.15) is 25.0 Å². The van der Waals surface area contributed by atoms with Crippen molar-refractivity contribution in [2.24, 2.45) is 11.5 Å². The maximum absolute atomic E-state index is 13.2. The smallest absolute Gasteiger partial charge is 0.126 e. The number of aryl methyl sites for hydroxylation is 1. The second kappa shape index (κ2) is 6.27. The summed E-state index contributed by atoms with van der Waals surface area (Å²) in [4.78, 5) is 0. The predicted octanol–water partition coefficient (Wildman–Crippen LogP) is 1.29. The van der Waals surface area contributed by atoms with Crippen molar-refractivity contribution >= 4 is 0 Å². The van der Waals surface area contributed by atoms with Gasteiger partial charge in [0, 0.05) is 31.1 Å². The van der Waals surface area contributed by atoms with Gasteiger partial charge in [0.25, 0.3) is 0 Å². The van der Waals surface area contributed by atoms with Gasteiger partial charge in [0.2, 0.25) is 0 Å². The zero-order valence-electron chi connectivity index (χ0n) is 11.5. The van der Waals surface area contributed by atoms with Crippen LogP contribution in [0.5, 0.6) is 0 Å². The monoisotopic (exact) mass is 253 g/mol. The summed E-state index contributed by atoms with van der Waals surface area (Å²) in [5.74, 6) is -0.160. The molecular formula is C14H24FN3. The van der Waals surface area contributed by atoms with Crippen LogP contribution < -0.4 is 16.8 Å². The summed E-state index contributed by atoms with van der Waals surface area (Å²) < 4.78 is 13.2. The van der Waals surface area contributed by atoms with E-state index in [1.807, 2.05) is 12.1 Å². The van der Waals surface area contributed by atoms with Crippen LogP contribution in [0.25, 0.3) is 0 Å². The van der Waals surface area contributed by atoms with Gasteiger partial charge in [0.1, 0.15) is 5.82 Å². The third-order valence-corrected chi connectivity index (χ3v) is 3.22. The third-order valence-electron chi connectivity index (χ3n) is 3.22. The first-order valence-corrected chi connectivity index (χ1v) is 6.30. The van der Waals surface area contributed by atoms with Crippen molar-refractivity contribution in [1.29, 1.82) is 0 Å². The van der Waals surface area contributed by atoms with Gasteiger partial charge in [0.05, 0.1) is 0 Å². The highest BCUT2D eigenvalue weighted by Crippen LogP contribution is 2.24. The second-order valence-corrected chi connectivity index (χ2v) is 5.47. The van der Waals surface area contributed by atoms with Crippen LogP contribution in [0.3, 0.4) is 0 Å². The quantitative estimate of drug-likeness (QED) is 0.716. The summed E-state index contributed by atoms with van der Waals surface area (Å²) in [6.45, 7) is 7.99. The van der Waals surface area contributed by atoms with E-state index < -0.39 is 0 Å². The largest absolute Gasteiger partial charge is 0.329 e. The fourth-order valence-corrected chi connectivity index (χ4v) is 1.82. The zero-order chi connectivity index (χ0) is 13.8. The minimum atomic E-state index is -0.160. The lowest BCUT2D eigenvalue weighted by atomic mass is 9.84. The van der Waals surface area contributed by atoms with E-state index in [2.05, 4.69) is 19.2 Å². The number of nitrogens with one attached hydrogen (secondary N) is 1. The van der Waals surface area contributed by atoms with E-state index in [9.17, 15) is 4.39 Å². The molecule has 0 aliphatic carbocycles. The zero-order valence-corrected chi connectivity index (χ0v) is 11.5. The number of rotatable bonds is 6. The average molecular weight is 253 g/mol. The van der Waals surface area contributed by atoms with Gasteiger partial charge >= 0.3 is 0 Å². The molecule has 102 valence electrons. The first-order valence-electron chi connectivity index (χ1n) is 6.30. The fourth-order valence-electron chi connectivity index (χ4n) is 1.82. The van der Waals surface area contributed by atoms with Crippen molar-refractivity contribution in [3.63, 3.8) is 0 Å². The Balaban J connectivity index is 2.64. The van der Waals surface area contributed by atoms with Crippen LogP contribution in [-0.4, -0.2) is 25.7 Å². The summed E-state index contributed by atoms with van der Waals surface area (Å²) in [6, 6.07) is 5.25. The molecule has 0 fully saturated rings. The highest BCUT2D eigenvalue weighted by molar-refractivity contribution is 5.29. The third kappa shape index (κ3) is 4.05. The standard InChI is InChI=1S/C14H24FN3/c1-10-6-11(4-5-13(10)15)14(2,3)9-18-8-12(17)7-16/h4-6,12,18H,7-9,16-17H2,1-3H3. The molecule has 0 aliphatic rings. The Morgan fingerprint density at radius 2 is 2.06 bits per heavy atom. The molecule has 1 unspecified atom stereocenters. The summed E-state index contributed by atoms with van der Waals surface area (Å²) in [7, 11) is 0. The van der Waals surface area contributed by atoms with Gasteiger partial charge in [-0.2, -0.15) is 0 Å². The molecule has 1 rings (SSSR count). The molecule has 0 saturated carbocycles. The molecule has 0 aliphatic heterocycles. The molecule has 1 aromatic rings. The SMILES string of the molecule is Cc1cc(C(C)(C)CNCC(N)CN)ccc1F. The highest BCUT2D eigenvalue weighted by Gasteiger charge is 2.21. The van der Waals surface area contributed by atoms with Crippen molar-refractivity contribution < 1.29 is 4.39 Å². The summed E-state index contributed by atoms with van der Waals surface area (Å²) in [6.07, 6.45) is 0. The molecule has 1 aromatic carbocycles. The van der Waals surface area contributed by atoms with Crippen LogP contribution in [0.2, 0.25) is 0 Å². The molecule has 0 spiro atoms. The summed E-state index contributed by atoms with van der Waals surface area (Å²) in [5.41, 5.74) is 12.9. The van der Waals surface area contributed by atoms with E-state index in [0.29, 0.717) is 18.7 Å². The topological polar surface area (TPSA) is 64.1 Å². The van der Waals surface area contributed by atoms with Crippen molar-refractivity contribution in [1.82, 2.24) is 5.32 Å². The Labute approximate surface area is 109 Å². The molecular weight excluding hydrogens is 229 g/mol. The van der Waals surface area contributed by atoms with Crippen LogP contribution in [0.15, 0.2) is 18.2 Å². The van der Waals surface area contributed by atoms with E-state index in [1.54, 1.807) is 6.92 Å². The van der Waals surface area contributed by atoms with Crippen molar-refractivity contribution in [3.8, 4) is 0 Å². The highest BCUT2D eigenvalue weighted by atomic mass is 19.1. The van der Waals surface area contributed by atoms with Gasteiger partial charge in [-0.1, -0.05) is 26.0 Å². The lowest BCUT2D eigenvalue weighted by molar-refractivity contribution is 0.453. The van der Waals surface area contributed by atoms with Crippen molar-refractivity contribution in [2.45, 2.75) is 32.2 Å². The first-order chi connectivity index (χ1) is 8.36. The molecule has 0 saturated heterocycles. The van der Waals surface area contributed by atoms with E-state index in [0.717, 1.165) is 12.1 Å². The molecule has 0 bridgehead atoms. The van der Waals surface area contributed by atoms with Crippen LogP contribution in [0.4, 0.5) is 4.39 Å². The summed E-state index contributed by atoms with van der Waals surface area (Å²) in [5, 5.41) is 3.31. The van der Waals surface area contributed by atoms with Crippen molar-refractivity contribution in [3.05, 3.63) is 35.1 Å². The lowest BCUT2D eigenvalue weighted by Crippen LogP contribution is -2.43. The predicted molar refractivity (Wildman–Crippen MR) is 74.1 cm³/mol. The first kappa shape index (κ1) is 15.1. The van der Waals surface area contributed by atoms with Crippen molar-refractivity contribution in [2.75, 3.05) is 19.6 Å². The number of halogens is 1. The molecule has 0 amide bonds. The van der Waals surface area contributed by atoms with Gasteiger partial charge in [-0.05, 0) is 24.1 Å². The lowest BCUT2D eigenvalue weighted by Gasteiger charge is -2.27. The van der Waals surface area contributed by atoms with Gasteiger partial charge in [-0.3, -0.25) is 0 Å². The maximum atomic E-state index is 13.2. The summed E-state index contributed by atoms with van der Waals surface area (Å²) >= 11 is 0. The van der Waals surface area contributed by atoms with Gasteiger partial charge in [-0.15, -0.1) is 0 Å². The molecule has 0 heterocycles. The van der Waals surface area contributed by atoms with E-state index >= 15 is 0 Å². The molecule has 18 heavy (non-hydrogen) atoms. The van der Waals surface area contributed by atoms with Gasteiger partial charge in [0.15, 0.2) is 0 Å². The van der Waals surface area contributed by atoms with E-state index in [4.69, 9.17) is 11.5 Å². The Morgan fingerprint density at radius 3 is 2.61 bits per heavy atom. The number of nitrogens with two attached hydrogens (primary N) is 2. The van der Waals surface area contributed by atoms with Crippen LogP contribution in [0, 0.1) is 12.7 Å². The fraction of sp³-hybridized carbons (Fsp3) is 0.571.